The van der Waals surface area contributed by atoms with Gasteiger partial charge in [0.2, 0.25) is 0 Å². The first-order valence-corrected chi connectivity index (χ1v) is 16.7. The van der Waals surface area contributed by atoms with E-state index in [9.17, 15) is 47.3 Å². The largest absolute Gasteiger partial charge is 0.756 e. The third-order valence-electron chi connectivity index (χ3n) is 3.03. The smallest absolute Gasteiger partial charge is 0.268 e. The molecular formula is C11H24O20P5-5. The van der Waals surface area contributed by atoms with Crippen LogP contribution in [0.5, 0.6) is 0 Å². The maximum atomic E-state index is 12.2. The molecule has 0 spiro atoms. The van der Waals surface area contributed by atoms with E-state index < -0.39 is 77.7 Å². The number of hydrogen-bond donors (Lipinski definition) is 1. The molecule has 218 valence electrons. The van der Waals surface area contributed by atoms with Gasteiger partial charge in [-0.05, 0) is 13.8 Å². The maximum absolute atomic E-state index is 12.2. The number of rotatable bonds is 21. The van der Waals surface area contributed by atoms with Crippen LogP contribution in [0.4, 0.5) is 0 Å². The zero-order chi connectivity index (χ0) is 28.3. The van der Waals surface area contributed by atoms with Crippen molar-refractivity contribution in [1.82, 2.24) is 0 Å². The second-order valence-corrected chi connectivity index (χ2v) is 12.8. The van der Waals surface area contributed by atoms with Crippen LogP contribution < -0.4 is 24.5 Å². The predicted octanol–water partition coefficient (Wildman–Crippen LogP) is -2.12. The van der Waals surface area contributed by atoms with Crippen molar-refractivity contribution in [3.8, 4) is 0 Å². The fourth-order valence-electron chi connectivity index (χ4n) is 1.75. The number of phosphoric ester groups is 5. The van der Waals surface area contributed by atoms with E-state index in [0.29, 0.717) is 7.11 Å². The van der Waals surface area contributed by atoms with E-state index in [-0.39, 0.29) is 13.2 Å². The third-order valence-corrected chi connectivity index (χ3v) is 7.61. The van der Waals surface area contributed by atoms with Crippen LogP contribution >= 0.6 is 39.1 Å². The Morgan fingerprint density at radius 3 is 1.25 bits per heavy atom. The highest BCUT2D eigenvalue weighted by atomic mass is 31.2. The van der Waals surface area contributed by atoms with Gasteiger partial charge >= 0.3 is 0 Å². The van der Waals surface area contributed by atoms with Crippen molar-refractivity contribution in [2.75, 3.05) is 46.8 Å². The van der Waals surface area contributed by atoms with Gasteiger partial charge in [0.15, 0.2) is 0 Å². The summed E-state index contributed by atoms with van der Waals surface area (Å²) in [6, 6.07) is 0. The van der Waals surface area contributed by atoms with Crippen LogP contribution in [0.3, 0.4) is 0 Å². The van der Waals surface area contributed by atoms with Gasteiger partial charge in [-0.3, -0.25) is 22.8 Å². The lowest BCUT2D eigenvalue weighted by Crippen LogP contribution is -2.31. The van der Waals surface area contributed by atoms with E-state index >= 15 is 0 Å². The Balaban J connectivity index is 5.43. The molecule has 0 aliphatic rings. The van der Waals surface area contributed by atoms with Crippen molar-refractivity contribution in [2.45, 2.75) is 26.1 Å². The Bertz CT molecular complexity index is 857. The first-order chi connectivity index (χ1) is 16.3. The summed E-state index contributed by atoms with van der Waals surface area (Å²) in [5.74, 6) is 0. The molecule has 0 aromatic heterocycles. The Morgan fingerprint density at radius 2 is 0.917 bits per heavy atom. The molecule has 1 N–H and O–H groups in total. The Hall–Kier alpha value is 0.550. The number of phosphoric acid groups is 5. The standard InChI is InChI=1S/C11H29O20P5/c1-4-24-34(17,18)27-7-11(8-28-35(19,20)25-5-2)31-36(21,22)29-9-10(6-26-32(12,13)14)30-33(15,16)23-3/h10-11H,4-9H2,1-3H3,(H,15,16)(H,17,18)(H,19,20)(H,21,22)(H2,12,13,14)/p-5. The van der Waals surface area contributed by atoms with Gasteiger partial charge in [0.25, 0.3) is 39.1 Å². The topological polar surface area (TPSA) is 304 Å². The van der Waals surface area contributed by atoms with E-state index in [4.69, 9.17) is 4.89 Å². The van der Waals surface area contributed by atoms with Crippen LogP contribution in [-0.4, -0.2) is 63.9 Å². The van der Waals surface area contributed by atoms with Crippen molar-refractivity contribution >= 4 is 39.1 Å². The molecule has 0 saturated carbocycles. The van der Waals surface area contributed by atoms with Gasteiger partial charge in [-0.25, -0.2) is 0 Å². The van der Waals surface area contributed by atoms with Gasteiger partial charge < -0.3 is 70.1 Å². The molecular weight excluding hydrogens is 607 g/mol. The van der Waals surface area contributed by atoms with Crippen LogP contribution in [0.1, 0.15) is 13.8 Å². The molecule has 0 heterocycles. The van der Waals surface area contributed by atoms with Crippen molar-refractivity contribution in [3.63, 3.8) is 0 Å². The second kappa shape index (κ2) is 16.0. The molecule has 6 unspecified atom stereocenters. The second-order valence-electron chi connectivity index (χ2n) is 5.91. The van der Waals surface area contributed by atoms with Gasteiger partial charge in [0, 0.05) is 7.11 Å². The van der Waals surface area contributed by atoms with Crippen LogP contribution in [0, 0.1) is 0 Å². The molecule has 0 aromatic carbocycles. The SMILES string of the molecule is CCOP(=O)([O-])OCC(COP(=O)([O-])OCC)OP(=O)([O-])OCC(COP(=O)([O-])O)OP(=O)([O-])OC. The van der Waals surface area contributed by atoms with E-state index in [0.717, 1.165) is 0 Å². The van der Waals surface area contributed by atoms with E-state index in [1.807, 2.05) is 0 Å². The Labute approximate surface area is 205 Å². The first kappa shape index (κ1) is 36.5. The molecule has 0 bridgehead atoms. The van der Waals surface area contributed by atoms with Crippen molar-refractivity contribution in [2.24, 2.45) is 0 Å². The minimum absolute atomic E-state index is 0.356. The summed E-state index contributed by atoms with van der Waals surface area (Å²) in [5, 5.41) is 0. The monoisotopic (exact) mass is 631 g/mol. The molecule has 36 heavy (non-hydrogen) atoms. The molecule has 0 aliphatic carbocycles. The summed E-state index contributed by atoms with van der Waals surface area (Å²) < 4.78 is 95.7. The summed E-state index contributed by atoms with van der Waals surface area (Å²) in [6.45, 7) is -3.07. The molecule has 0 saturated heterocycles. The molecule has 0 aliphatic heterocycles. The minimum atomic E-state index is -5.59. The molecule has 0 rings (SSSR count). The molecule has 6 atom stereocenters. The molecule has 0 radical (unpaired) electrons. The van der Waals surface area contributed by atoms with Gasteiger partial charge in [-0.15, -0.1) is 0 Å². The fourth-order valence-corrected chi connectivity index (χ4v) is 5.05. The minimum Gasteiger partial charge on any atom is -0.756 e. The van der Waals surface area contributed by atoms with Gasteiger partial charge in [-0.1, -0.05) is 0 Å². The van der Waals surface area contributed by atoms with E-state index in [2.05, 4.69) is 40.7 Å². The molecule has 0 amide bonds. The normalized spacial score (nSPS) is 22.4. The zero-order valence-electron chi connectivity index (χ0n) is 18.8. The van der Waals surface area contributed by atoms with Crippen LogP contribution in [-0.2, 0) is 63.5 Å². The van der Waals surface area contributed by atoms with Crippen LogP contribution in [0.2, 0.25) is 0 Å². The van der Waals surface area contributed by atoms with Crippen molar-refractivity contribution in [1.29, 1.82) is 0 Å². The lowest BCUT2D eigenvalue weighted by Gasteiger charge is -2.33. The van der Waals surface area contributed by atoms with Gasteiger partial charge in [-0.2, -0.15) is 0 Å². The average Bonchev–Trinajstić information content (AvgIpc) is 2.71. The molecule has 0 fully saturated rings. The van der Waals surface area contributed by atoms with E-state index in [1.54, 1.807) is 0 Å². The van der Waals surface area contributed by atoms with Crippen LogP contribution in [0.15, 0.2) is 0 Å². The number of hydrogen-bond acceptors (Lipinski definition) is 19. The van der Waals surface area contributed by atoms with Gasteiger partial charge in [0.05, 0.1) is 39.6 Å². The maximum Gasteiger partial charge on any atom is 0.268 e. The summed E-state index contributed by atoms with van der Waals surface area (Å²) >= 11 is 0. The summed E-state index contributed by atoms with van der Waals surface area (Å²) in [7, 11) is -25.4. The highest BCUT2D eigenvalue weighted by Gasteiger charge is 2.26. The molecule has 0 aromatic rings. The lowest BCUT2D eigenvalue weighted by atomic mass is 10.4. The first-order valence-electron chi connectivity index (χ1n) is 9.33. The Kier molecular flexibility index (Phi) is 16.2. The van der Waals surface area contributed by atoms with Gasteiger partial charge in [0.1, 0.15) is 12.2 Å². The molecule has 25 heteroatoms. The van der Waals surface area contributed by atoms with Crippen molar-refractivity contribution < 1.29 is 92.9 Å². The fraction of sp³-hybridized carbons (Fsp3) is 1.00. The summed E-state index contributed by atoms with van der Waals surface area (Å²) in [6.07, 6.45) is -4.06. The van der Waals surface area contributed by atoms with Crippen LogP contribution in [0.25, 0.3) is 0 Å². The quantitative estimate of drug-likeness (QED) is 0.132. The highest BCUT2D eigenvalue weighted by Crippen LogP contribution is 2.46. The van der Waals surface area contributed by atoms with E-state index in [1.165, 1.54) is 13.8 Å². The highest BCUT2D eigenvalue weighted by molar-refractivity contribution is 7.47. The average molecular weight is 631 g/mol. The Morgan fingerprint density at radius 1 is 0.583 bits per heavy atom. The summed E-state index contributed by atoms with van der Waals surface area (Å²) in [5.41, 5.74) is 0. The molecule has 20 nitrogen and oxygen atoms in total. The summed E-state index contributed by atoms with van der Waals surface area (Å²) in [4.78, 5) is 66.0. The predicted molar refractivity (Wildman–Crippen MR) is 104 cm³/mol. The van der Waals surface area contributed by atoms with Crippen molar-refractivity contribution in [3.05, 3.63) is 0 Å². The lowest BCUT2D eigenvalue weighted by molar-refractivity contribution is -0.247. The third kappa shape index (κ3) is 18.7. The zero-order valence-corrected chi connectivity index (χ0v) is 23.3.